The van der Waals surface area contributed by atoms with E-state index in [1.165, 1.54) is 13.4 Å². The van der Waals surface area contributed by atoms with Crippen molar-refractivity contribution in [3.8, 4) is 28.3 Å². The number of likely N-dealkylation sites (tertiary alicyclic amines) is 1. The van der Waals surface area contributed by atoms with Gasteiger partial charge in [0, 0.05) is 42.4 Å². The molecular formula is C26H25FN6O4. The third-order valence-electron chi connectivity index (χ3n) is 6.49. The van der Waals surface area contributed by atoms with E-state index in [2.05, 4.69) is 20.4 Å². The van der Waals surface area contributed by atoms with Gasteiger partial charge in [-0.15, -0.1) is 0 Å². The molecule has 0 radical (unpaired) electrons. The first-order valence-electron chi connectivity index (χ1n) is 11.7. The zero-order chi connectivity index (χ0) is 26.1. The number of anilines is 1. The molecule has 0 spiro atoms. The number of methoxy groups -OCH3 is 1. The maximum absolute atomic E-state index is 14.7. The highest BCUT2D eigenvalue weighted by atomic mass is 19.1. The van der Waals surface area contributed by atoms with Gasteiger partial charge in [0.2, 0.25) is 5.91 Å². The van der Waals surface area contributed by atoms with Gasteiger partial charge in [-0.2, -0.15) is 5.10 Å². The number of halogens is 1. The summed E-state index contributed by atoms with van der Waals surface area (Å²) in [6.07, 6.45) is 0.603. The molecule has 0 aliphatic carbocycles. The Morgan fingerprint density at radius 3 is 2.65 bits per heavy atom. The van der Waals surface area contributed by atoms with Gasteiger partial charge in [-0.05, 0) is 12.5 Å². The molecule has 0 bridgehead atoms. The number of carboxylic acid groups (broad SMARTS) is 1. The van der Waals surface area contributed by atoms with Crippen LogP contribution in [0.25, 0.3) is 33.4 Å². The highest BCUT2D eigenvalue weighted by Crippen LogP contribution is 2.37. The topological polar surface area (TPSA) is 122 Å². The van der Waals surface area contributed by atoms with Crippen LogP contribution in [0.2, 0.25) is 0 Å². The van der Waals surface area contributed by atoms with Gasteiger partial charge in [0.15, 0.2) is 0 Å². The van der Waals surface area contributed by atoms with Crippen molar-refractivity contribution in [3.05, 3.63) is 55.0 Å². The molecule has 0 unspecified atom stereocenters. The second-order valence-corrected chi connectivity index (χ2v) is 8.85. The van der Waals surface area contributed by atoms with Gasteiger partial charge in [-0.3, -0.25) is 9.48 Å². The molecule has 2 aromatic heterocycles. The SMILES string of the molecule is COc1cc2ncnc(-c3cn(C)nc3-c3ccccc3)c2cc1NC(=O)[C@H]1CCN(C(=O)O)C[C@@H]1F. The molecule has 2 amide bonds. The zero-order valence-corrected chi connectivity index (χ0v) is 20.3. The summed E-state index contributed by atoms with van der Waals surface area (Å²) in [6.45, 7) is -0.256. The van der Waals surface area contributed by atoms with Crippen LogP contribution in [-0.2, 0) is 11.8 Å². The summed E-state index contributed by atoms with van der Waals surface area (Å²) >= 11 is 0. The van der Waals surface area contributed by atoms with Crippen molar-refractivity contribution in [3.63, 3.8) is 0 Å². The fourth-order valence-corrected chi connectivity index (χ4v) is 4.64. The number of amides is 2. The number of carbonyl (C=O) groups excluding carboxylic acids is 1. The number of alkyl halides is 1. The molecule has 2 atom stereocenters. The summed E-state index contributed by atoms with van der Waals surface area (Å²) in [4.78, 5) is 34.1. The second kappa shape index (κ2) is 9.84. The summed E-state index contributed by atoms with van der Waals surface area (Å²) in [5, 5.41) is 17.2. The van der Waals surface area contributed by atoms with Crippen molar-refractivity contribution in [2.45, 2.75) is 12.6 Å². The number of hydrogen-bond acceptors (Lipinski definition) is 6. The number of rotatable bonds is 5. The highest BCUT2D eigenvalue weighted by Gasteiger charge is 2.36. The van der Waals surface area contributed by atoms with Crippen LogP contribution in [0.15, 0.2) is 55.0 Å². The molecular weight excluding hydrogens is 479 g/mol. The number of ether oxygens (including phenoxy) is 1. The van der Waals surface area contributed by atoms with Gasteiger partial charge in [-0.25, -0.2) is 19.2 Å². The van der Waals surface area contributed by atoms with E-state index >= 15 is 0 Å². The second-order valence-electron chi connectivity index (χ2n) is 8.85. The van der Waals surface area contributed by atoms with Crippen LogP contribution in [0, 0.1) is 5.92 Å². The number of nitrogens with zero attached hydrogens (tertiary/aromatic N) is 5. The summed E-state index contributed by atoms with van der Waals surface area (Å²) in [7, 11) is 3.30. The molecule has 1 aliphatic rings. The minimum absolute atomic E-state index is 0.0830. The fourth-order valence-electron chi connectivity index (χ4n) is 4.64. The largest absolute Gasteiger partial charge is 0.494 e. The predicted octanol–water partition coefficient (Wildman–Crippen LogP) is 3.98. The van der Waals surface area contributed by atoms with Gasteiger partial charge >= 0.3 is 6.09 Å². The summed E-state index contributed by atoms with van der Waals surface area (Å²) < 4.78 is 21.9. The molecule has 4 aromatic rings. The molecule has 0 saturated carbocycles. The third-order valence-corrected chi connectivity index (χ3v) is 6.49. The van der Waals surface area contributed by atoms with Crippen molar-refractivity contribution in [2.24, 2.45) is 13.0 Å². The Morgan fingerprint density at radius 2 is 1.95 bits per heavy atom. The van der Waals surface area contributed by atoms with Crippen molar-refractivity contribution < 1.29 is 23.8 Å². The van der Waals surface area contributed by atoms with Crippen molar-refractivity contribution >= 4 is 28.6 Å². The number of benzene rings is 2. The van der Waals surface area contributed by atoms with E-state index in [1.54, 1.807) is 16.8 Å². The monoisotopic (exact) mass is 504 g/mol. The summed E-state index contributed by atoms with van der Waals surface area (Å²) in [5.74, 6) is -1.16. The van der Waals surface area contributed by atoms with Crippen LogP contribution in [-0.4, -0.2) is 68.1 Å². The van der Waals surface area contributed by atoms with Gasteiger partial charge in [0.1, 0.15) is 23.9 Å². The molecule has 5 rings (SSSR count). The molecule has 11 heteroatoms. The Morgan fingerprint density at radius 1 is 1.16 bits per heavy atom. The minimum atomic E-state index is -1.61. The number of hydrogen-bond donors (Lipinski definition) is 2. The van der Waals surface area contributed by atoms with E-state index < -0.39 is 24.1 Å². The summed E-state index contributed by atoms with van der Waals surface area (Å²) in [5.41, 5.74) is 4.01. The highest BCUT2D eigenvalue weighted by molar-refractivity contribution is 6.02. The number of nitrogens with one attached hydrogen (secondary N) is 1. The van der Waals surface area contributed by atoms with Crippen LogP contribution >= 0.6 is 0 Å². The molecule has 1 aliphatic heterocycles. The van der Waals surface area contributed by atoms with Crippen LogP contribution in [0.5, 0.6) is 5.75 Å². The van der Waals surface area contributed by atoms with E-state index in [1.807, 2.05) is 43.6 Å². The Labute approximate surface area is 211 Å². The number of aromatic nitrogens is 4. The van der Waals surface area contributed by atoms with Gasteiger partial charge in [-0.1, -0.05) is 30.3 Å². The van der Waals surface area contributed by atoms with Crippen LogP contribution < -0.4 is 10.1 Å². The minimum Gasteiger partial charge on any atom is -0.494 e. The molecule has 1 fully saturated rings. The van der Waals surface area contributed by atoms with Gasteiger partial charge in [0.05, 0.1) is 36.5 Å². The van der Waals surface area contributed by atoms with Crippen LogP contribution in [0.1, 0.15) is 6.42 Å². The lowest BCUT2D eigenvalue weighted by Crippen LogP contribution is -2.47. The predicted molar refractivity (Wildman–Crippen MR) is 135 cm³/mol. The van der Waals surface area contributed by atoms with E-state index in [4.69, 9.17) is 9.84 Å². The lowest BCUT2D eigenvalue weighted by Gasteiger charge is -2.32. The number of aryl methyl sites for hydroxylation is 1. The molecule has 37 heavy (non-hydrogen) atoms. The van der Waals surface area contributed by atoms with Gasteiger partial charge < -0.3 is 20.1 Å². The van der Waals surface area contributed by atoms with E-state index in [9.17, 15) is 14.0 Å². The number of piperidine rings is 1. The average molecular weight is 505 g/mol. The molecule has 10 nitrogen and oxygen atoms in total. The first kappa shape index (κ1) is 24.2. The molecule has 2 N–H and O–H groups in total. The van der Waals surface area contributed by atoms with Gasteiger partial charge in [0.25, 0.3) is 0 Å². The summed E-state index contributed by atoms with van der Waals surface area (Å²) in [6, 6.07) is 13.1. The fraction of sp³-hybridized carbons (Fsp3) is 0.269. The first-order valence-corrected chi connectivity index (χ1v) is 11.7. The van der Waals surface area contributed by atoms with Crippen LogP contribution in [0.3, 0.4) is 0 Å². The Kier molecular flexibility index (Phi) is 6.43. The lowest BCUT2D eigenvalue weighted by molar-refractivity contribution is -0.123. The average Bonchev–Trinajstić information content (AvgIpc) is 3.29. The first-order chi connectivity index (χ1) is 17.9. The Hall–Kier alpha value is -4.54. The molecule has 1 saturated heterocycles. The smallest absolute Gasteiger partial charge is 0.407 e. The standard InChI is InChI=1S/C26H25FN6O4/c1-32-12-18(23(31-32)15-6-4-3-5-7-15)24-17-10-21(22(37-2)11-20(17)28-14-29-24)30-25(34)16-8-9-33(26(35)36)13-19(16)27/h3-7,10-12,14,16,19H,8-9,13H2,1-2H3,(H,30,34)(H,35,36)/t16-,19-/m0/s1. The Bertz CT molecular complexity index is 1470. The molecule has 3 heterocycles. The van der Waals surface area contributed by atoms with E-state index in [-0.39, 0.29) is 19.5 Å². The Balaban J connectivity index is 1.53. The van der Waals surface area contributed by atoms with Crippen LogP contribution in [0.4, 0.5) is 14.9 Å². The van der Waals surface area contributed by atoms with E-state index in [0.29, 0.717) is 28.0 Å². The van der Waals surface area contributed by atoms with Crippen molar-refractivity contribution in [1.82, 2.24) is 24.6 Å². The molecule has 2 aromatic carbocycles. The van der Waals surface area contributed by atoms with Crippen molar-refractivity contribution in [2.75, 3.05) is 25.5 Å². The third kappa shape index (κ3) is 4.67. The normalized spacial score (nSPS) is 17.5. The zero-order valence-electron chi connectivity index (χ0n) is 20.3. The quantitative estimate of drug-likeness (QED) is 0.421. The maximum atomic E-state index is 14.7. The van der Waals surface area contributed by atoms with E-state index in [0.717, 1.165) is 21.7 Å². The maximum Gasteiger partial charge on any atom is 0.407 e. The number of carbonyl (C=O) groups is 2. The number of fused-ring (bicyclic) bond motifs is 1. The lowest BCUT2D eigenvalue weighted by atomic mass is 9.94. The molecule has 190 valence electrons. The van der Waals surface area contributed by atoms with Crippen molar-refractivity contribution in [1.29, 1.82) is 0 Å².